The van der Waals surface area contributed by atoms with Crippen molar-refractivity contribution in [1.82, 2.24) is 4.90 Å². The van der Waals surface area contributed by atoms with E-state index in [4.69, 9.17) is 0 Å². The predicted octanol–water partition coefficient (Wildman–Crippen LogP) is 2.11. The van der Waals surface area contributed by atoms with Crippen LogP contribution in [0.2, 0.25) is 0 Å². The van der Waals surface area contributed by atoms with Crippen LogP contribution >= 0.6 is 11.3 Å². The lowest BCUT2D eigenvalue weighted by molar-refractivity contribution is 0.423. The van der Waals surface area contributed by atoms with Gasteiger partial charge in [0.25, 0.3) is 0 Å². The number of rotatable bonds is 2. The molecule has 0 bridgehead atoms. The average molecular weight is 178 g/mol. The molecular formula is C9H10N2S. The number of thiophene rings is 1. The van der Waals surface area contributed by atoms with Gasteiger partial charge in [-0.1, -0.05) is 6.07 Å². The zero-order valence-electron chi connectivity index (χ0n) is 6.68. The highest BCUT2D eigenvalue weighted by atomic mass is 32.1. The van der Waals surface area contributed by atoms with Crippen molar-refractivity contribution in [1.29, 1.82) is 0 Å². The van der Waals surface area contributed by atoms with E-state index in [0.717, 1.165) is 13.1 Å². The van der Waals surface area contributed by atoms with Gasteiger partial charge in [-0.25, -0.2) is 0 Å². The summed E-state index contributed by atoms with van der Waals surface area (Å²) in [5, 5.41) is 2.11. The minimum atomic E-state index is 0.925. The number of aliphatic imine (C=N–C) groups is 1. The van der Waals surface area contributed by atoms with E-state index in [-0.39, 0.29) is 0 Å². The molecule has 0 spiro atoms. The molecule has 0 aromatic carbocycles. The largest absolute Gasteiger partial charge is 0.366 e. The van der Waals surface area contributed by atoms with E-state index in [1.807, 2.05) is 18.6 Å². The van der Waals surface area contributed by atoms with Gasteiger partial charge in [-0.15, -0.1) is 11.3 Å². The van der Waals surface area contributed by atoms with E-state index in [1.54, 1.807) is 11.3 Å². The Kier molecular flexibility index (Phi) is 2.23. The summed E-state index contributed by atoms with van der Waals surface area (Å²) in [5.41, 5.74) is 0. The minimum absolute atomic E-state index is 0.925. The third-order valence-electron chi connectivity index (χ3n) is 1.72. The Labute approximate surface area is 75.9 Å². The van der Waals surface area contributed by atoms with Crippen LogP contribution in [-0.2, 0) is 6.54 Å². The third kappa shape index (κ3) is 1.74. The lowest BCUT2D eigenvalue weighted by atomic mass is 10.4. The zero-order valence-corrected chi connectivity index (χ0v) is 7.50. The van der Waals surface area contributed by atoms with E-state index >= 15 is 0 Å². The predicted molar refractivity (Wildman–Crippen MR) is 52.4 cm³/mol. The van der Waals surface area contributed by atoms with Gasteiger partial charge in [-0.3, -0.25) is 4.99 Å². The first-order chi connectivity index (χ1) is 5.95. The van der Waals surface area contributed by atoms with Crippen LogP contribution in [0.4, 0.5) is 0 Å². The van der Waals surface area contributed by atoms with Crippen molar-refractivity contribution in [2.45, 2.75) is 6.54 Å². The van der Waals surface area contributed by atoms with Gasteiger partial charge in [0.05, 0.1) is 13.1 Å². The first-order valence-electron chi connectivity index (χ1n) is 3.90. The van der Waals surface area contributed by atoms with Crippen LogP contribution in [0.5, 0.6) is 0 Å². The highest BCUT2D eigenvalue weighted by Crippen LogP contribution is 2.12. The Morgan fingerprint density at radius 3 is 3.25 bits per heavy atom. The second-order valence-electron chi connectivity index (χ2n) is 2.64. The molecular weight excluding hydrogens is 168 g/mol. The van der Waals surface area contributed by atoms with E-state index in [2.05, 4.69) is 27.4 Å². The van der Waals surface area contributed by atoms with Crippen LogP contribution in [0, 0.1) is 0 Å². The van der Waals surface area contributed by atoms with Crippen LogP contribution < -0.4 is 0 Å². The zero-order chi connectivity index (χ0) is 8.23. The number of nitrogens with zero attached hydrogens (tertiary/aromatic N) is 2. The maximum absolute atomic E-state index is 4.01. The van der Waals surface area contributed by atoms with E-state index in [1.165, 1.54) is 4.88 Å². The standard InChI is InChI=1S/C9H10N2S/c1-2-9(12-7-1)8-11-5-3-10-4-6-11/h1-5,7H,6,8H2. The van der Waals surface area contributed by atoms with Crippen molar-refractivity contribution in [2.75, 3.05) is 6.54 Å². The molecule has 0 atom stereocenters. The molecule has 0 unspecified atom stereocenters. The van der Waals surface area contributed by atoms with Crippen LogP contribution in [0.25, 0.3) is 0 Å². The third-order valence-corrected chi connectivity index (χ3v) is 2.59. The molecule has 0 saturated carbocycles. The molecule has 0 amide bonds. The van der Waals surface area contributed by atoms with Gasteiger partial charge < -0.3 is 4.90 Å². The second kappa shape index (κ2) is 3.54. The summed E-state index contributed by atoms with van der Waals surface area (Å²) in [7, 11) is 0. The van der Waals surface area contributed by atoms with Crippen molar-refractivity contribution >= 4 is 17.6 Å². The molecule has 12 heavy (non-hydrogen) atoms. The molecule has 1 aromatic heterocycles. The fraction of sp³-hybridized carbons (Fsp3) is 0.222. The molecule has 2 nitrogen and oxygen atoms in total. The van der Waals surface area contributed by atoms with Gasteiger partial charge in [0.1, 0.15) is 0 Å². The second-order valence-corrected chi connectivity index (χ2v) is 3.67. The molecule has 1 aliphatic heterocycles. The van der Waals surface area contributed by atoms with Gasteiger partial charge >= 0.3 is 0 Å². The van der Waals surface area contributed by atoms with Crippen molar-refractivity contribution in [3.8, 4) is 0 Å². The molecule has 1 aliphatic rings. The minimum Gasteiger partial charge on any atom is -0.366 e. The van der Waals surface area contributed by atoms with E-state index in [9.17, 15) is 0 Å². The maximum atomic E-state index is 4.01. The van der Waals surface area contributed by atoms with Crippen molar-refractivity contribution in [3.05, 3.63) is 34.8 Å². The molecule has 3 heteroatoms. The van der Waals surface area contributed by atoms with Crippen LogP contribution in [0.3, 0.4) is 0 Å². The summed E-state index contributed by atoms with van der Waals surface area (Å²) in [6.45, 7) is 1.93. The molecule has 2 rings (SSSR count). The fourth-order valence-electron chi connectivity index (χ4n) is 1.13. The SMILES string of the molecule is C1=CN(Cc2cccs2)CC=N1. The Bertz CT molecular complexity index is 287. The average Bonchev–Trinajstić information content (AvgIpc) is 2.59. The topological polar surface area (TPSA) is 15.6 Å². The highest BCUT2D eigenvalue weighted by molar-refractivity contribution is 7.09. The molecule has 0 N–H and O–H groups in total. The Balaban J connectivity index is 1.96. The lowest BCUT2D eigenvalue weighted by Crippen LogP contribution is -2.20. The summed E-state index contributed by atoms with van der Waals surface area (Å²) in [6.07, 6.45) is 5.78. The highest BCUT2D eigenvalue weighted by Gasteiger charge is 2.01. The normalized spacial score (nSPS) is 15.5. The molecule has 0 aliphatic carbocycles. The van der Waals surface area contributed by atoms with Crippen LogP contribution in [0.1, 0.15) is 4.88 Å². The first kappa shape index (κ1) is 7.55. The maximum Gasteiger partial charge on any atom is 0.0531 e. The lowest BCUT2D eigenvalue weighted by Gasteiger charge is -2.18. The number of hydrogen-bond acceptors (Lipinski definition) is 3. The van der Waals surface area contributed by atoms with Crippen LogP contribution in [0.15, 0.2) is 34.9 Å². The summed E-state index contributed by atoms with van der Waals surface area (Å²) in [6, 6.07) is 4.24. The monoisotopic (exact) mass is 178 g/mol. The summed E-state index contributed by atoms with van der Waals surface area (Å²) >= 11 is 1.80. The van der Waals surface area contributed by atoms with Gasteiger partial charge in [-0.05, 0) is 11.4 Å². The Hall–Kier alpha value is -1.09. The molecule has 0 fully saturated rings. The molecule has 1 aromatic rings. The molecule has 2 heterocycles. The van der Waals surface area contributed by atoms with Gasteiger partial charge in [-0.2, -0.15) is 0 Å². The van der Waals surface area contributed by atoms with Crippen molar-refractivity contribution < 1.29 is 0 Å². The Morgan fingerprint density at radius 1 is 1.58 bits per heavy atom. The quantitative estimate of drug-likeness (QED) is 0.677. The first-order valence-corrected chi connectivity index (χ1v) is 4.78. The molecule has 62 valence electrons. The van der Waals surface area contributed by atoms with Gasteiger partial charge in [0, 0.05) is 23.5 Å². The summed E-state index contributed by atoms with van der Waals surface area (Å²) in [4.78, 5) is 7.65. The van der Waals surface area contributed by atoms with Gasteiger partial charge in [0.15, 0.2) is 0 Å². The van der Waals surface area contributed by atoms with E-state index < -0.39 is 0 Å². The van der Waals surface area contributed by atoms with E-state index in [0.29, 0.717) is 0 Å². The van der Waals surface area contributed by atoms with Gasteiger partial charge in [0.2, 0.25) is 0 Å². The molecule has 0 saturated heterocycles. The molecule has 0 radical (unpaired) electrons. The Morgan fingerprint density at radius 2 is 2.58 bits per heavy atom. The fourth-order valence-corrected chi connectivity index (χ4v) is 1.86. The smallest absolute Gasteiger partial charge is 0.0531 e. The van der Waals surface area contributed by atoms with Crippen LogP contribution in [-0.4, -0.2) is 17.7 Å². The summed E-state index contributed by atoms with van der Waals surface area (Å²) in [5.74, 6) is 0. The van der Waals surface area contributed by atoms with Crippen molar-refractivity contribution in [2.24, 2.45) is 4.99 Å². The van der Waals surface area contributed by atoms with Crippen molar-refractivity contribution in [3.63, 3.8) is 0 Å². The summed E-state index contributed by atoms with van der Waals surface area (Å²) < 4.78 is 0. The number of hydrogen-bond donors (Lipinski definition) is 0.